The highest BCUT2D eigenvalue weighted by Crippen LogP contribution is 2.32. The van der Waals surface area contributed by atoms with Crippen LogP contribution < -0.4 is 0 Å². The average molecular weight is 397 g/mol. The van der Waals surface area contributed by atoms with Crippen molar-refractivity contribution in [1.29, 1.82) is 0 Å². The van der Waals surface area contributed by atoms with Crippen LogP contribution in [0.3, 0.4) is 0 Å². The number of aryl methyl sites for hydroxylation is 1. The van der Waals surface area contributed by atoms with Gasteiger partial charge in [0.1, 0.15) is 4.90 Å². The fourth-order valence-electron chi connectivity index (χ4n) is 3.40. The van der Waals surface area contributed by atoms with Gasteiger partial charge in [-0.25, -0.2) is 8.42 Å². The zero-order valence-corrected chi connectivity index (χ0v) is 17.0. The predicted octanol–water partition coefficient (Wildman–Crippen LogP) is 2.70. The van der Waals surface area contributed by atoms with Crippen molar-refractivity contribution in [3.8, 4) is 0 Å². The van der Waals surface area contributed by atoms with Gasteiger partial charge in [-0.15, -0.1) is 0 Å². The summed E-state index contributed by atoms with van der Waals surface area (Å²) >= 11 is 6.13. The molecule has 1 aromatic carbocycles. The summed E-state index contributed by atoms with van der Waals surface area (Å²) in [5.74, 6) is 0.100. The molecule has 0 spiro atoms. The smallest absolute Gasteiger partial charge is 0.244 e. The predicted molar refractivity (Wildman–Crippen MR) is 103 cm³/mol. The van der Waals surface area contributed by atoms with E-state index >= 15 is 0 Å². The zero-order valence-electron chi connectivity index (χ0n) is 15.4. The summed E-state index contributed by atoms with van der Waals surface area (Å²) in [6.45, 7) is 1.76. The third kappa shape index (κ3) is 3.96. The minimum atomic E-state index is -3.60. The van der Waals surface area contributed by atoms with Gasteiger partial charge in [0, 0.05) is 32.6 Å². The van der Waals surface area contributed by atoms with Gasteiger partial charge in [-0.3, -0.25) is 4.68 Å². The van der Waals surface area contributed by atoms with E-state index in [9.17, 15) is 8.42 Å². The van der Waals surface area contributed by atoms with Gasteiger partial charge in [-0.1, -0.05) is 23.7 Å². The lowest BCUT2D eigenvalue weighted by Gasteiger charge is -2.31. The summed E-state index contributed by atoms with van der Waals surface area (Å²) in [5, 5.41) is 4.90. The molecule has 1 saturated heterocycles. The maximum absolute atomic E-state index is 13.0. The minimum Gasteiger partial charge on any atom is -0.304 e. The topological polar surface area (TPSA) is 58.4 Å². The van der Waals surface area contributed by atoms with Gasteiger partial charge in [0.25, 0.3) is 0 Å². The molecular formula is C18H25ClN4O2S. The first-order valence-electron chi connectivity index (χ1n) is 8.71. The van der Waals surface area contributed by atoms with Gasteiger partial charge < -0.3 is 4.90 Å². The molecule has 0 radical (unpaired) electrons. The summed E-state index contributed by atoms with van der Waals surface area (Å²) < 4.78 is 29.5. The molecule has 6 nitrogen and oxygen atoms in total. The van der Waals surface area contributed by atoms with Gasteiger partial charge >= 0.3 is 0 Å². The average Bonchev–Trinajstić information content (AvgIpc) is 2.95. The van der Waals surface area contributed by atoms with E-state index in [0.717, 1.165) is 30.8 Å². The van der Waals surface area contributed by atoms with Gasteiger partial charge in [0.15, 0.2) is 0 Å². The van der Waals surface area contributed by atoms with Crippen molar-refractivity contribution in [2.75, 3.05) is 27.2 Å². The summed E-state index contributed by atoms with van der Waals surface area (Å²) in [4.78, 5) is 2.27. The summed E-state index contributed by atoms with van der Waals surface area (Å²) in [6, 6.07) is 8.71. The van der Waals surface area contributed by atoms with Crippen molar-refractivity contribution >= 4 is 21.6 Å². The summed E-state index contributed by atoms with van der Waals surface area (Å²) in [6.07, 6.45) is 1.75. The van der Waals surface area contributed by atoms with E-state index in [1.807, 2.05) is 25.8 Å². The molecule has 2 heterocycles. The molecule has 0 saturated carbocycles. The number of sulfonamides is 1. The largest absolute Gasteiger partial charge is 0.304 e. The third-order valence-corrected chi connectivity index (χ3v) is 7.10. The van der Waals surface area contributed by atoms with Gasteiger partial charge in [0.05, 0.1) is 16.4 Å². The van der Waals surface area contributed by atoms with E-state index in [1.54, 1.807) is 28.6 Å². The first kappa shape index (κ1) is 19.4. The molecule has 2 aromatic rings. The fourth-order valence-corrected chi connectivity index (χ4v) is 5.41. The van der Waals surface area contributed by atoms with Crippen LogP contribution in [0.5, 0.6) is 0 Å². The van der Waals surface area contributed by atoms with Crippen LogP contribution in [0.25, 0.3) is 0 Å². The van der Waals surface area contributed by atoms with Crippen LogP contribution in [0, 0.1) is 0 Å². The Labute approximate surface area is 160 Å². The van der Waals surface area contributed by atoms with E-state index in [0.29, 0.717) is 13.1 Å². The maximum Gasteiger partial charge on any atom is 0.244 e. The fraction of sp³-hybridized carbons (Fsp3) is 0.500. The molecule has 8 heteroatoms. The normalized spacial score (nSPS) is 19.2. The standard InChI is InChI=1S/C18H25ClN4O2S/c1-21(2)13-15-11-17(20-22(15)3)14-7-6-10-23(12-14)26(24,25)18-9-5-4-8-16(18)19/h4-5,8-9,11,14H,6-7,10,12-13H2,1-3H3/t14-/m0/s1. The number of piperidine rings is 1. The second-order valence-corrected chi connectivity index (χ2v) is 9.37. The molecule has 0 amide bonds. The van der Waals surface area contributed by atoms with Crippen molar-refractivity contribution in [2.45, 2.75) is 30.2 Å². The highest BCUT2D eigenvalue weighted by Gasteiger charge is 2.33. The zero-order chi connectivity index (χ0) is 18.9. The Morgan fingerprint density at radius 3 is 2.73 bits per heavy atom. The van der Waals surface area contributed by atoms with E-state index in [4.69, 9.17) is 11.6 Å². The summed E-state index contributed by atoms with van der Waals surface area (Å²) in [5.41, 5.74) is 2.08. The van der Waals surface area contributed by atoms with Crippen molar-refractivity contribution in [2.24, 2.45) is 7.05 Å². The van der Waals surface area contributed by atoms with Crippen LogP contribution in [0.2, 0.25) is 5.02 Å². The summed E-state index contributed by atoms with van der Waals surface area (Å²) in [7, 11) is 2.37. The number of nitrogens with zero attached hydrogens (tertiary/aromatic N) is 4. The monoisotopic (exact) mass is 396 g/mol. The van der Waals surface area contributed by atoms with Gasteiger partial charge in [-0.05, 0) is 45.1 Å². The Morgan fingerprint density at radius 1 is 1.31 bits per heavy atom. The number of hydrogen-bond acceptors (Lipinski definition) is 4. The molecule has 1 aromatic heterocycles. The molecule has 1 fully saturated rings. The second kappa shape index (κ2) is 7.68. The molecule has 1 atom stereocenters. The Balaban J connectivity index is 1.83. The number of hydrogen-bond donors (Lipinski definition) is 0. The Morgan fingerprint density at radius 2 is 2.04 bits per heavy atom. The number of aromatic nitrogens is 2. The first-order chi connectivity index (χ1) is 12.3. The SMILES string of the molecule is CN(C)Cc1cc([C@H]2CCCN(S(=O)(=O)c3ccccc3Cl)C2)nn1C. The Kier molecular flexibility index (Phi) is 5.72. The Bertz CT molecular complexity index is 879. The highest BCUT2D eigenvalue weighted by molar-refractivity contribution is 7.89. The molecule has 0 aliphatic carbocycles. The minimum absolute atomic E-state index is 0.100. The van der Waals surface area contributed by atoms with Crippen molar-refractivity contribution in [3.05, 3.63) is 46.7 Å². The first-order valence-corrected chi connectivity index (χ1v) is 10.5. The van der Waals surface area contributed by atoms with E-state index in [2.05, 4.69) is 16.1 Å². The van der Waals surface area contributed by atoms with Crippen molar-refractivity contribution in [1.82, 2.24) is 19.0 Å². The number of halogens is 1. The van der Waals surface area contributed by atoms with E-state index < -0.39 is 10.0 Å². The molecule has 142 valence electrons. The van der Waals surface area contributed by atoms with Crippen molar-refractivity contribution in [3.63, 3.8) is 0 Å². The number of rotatable bonds is 5. The van der Waals surface area contributed by atoms with Crippen LogP contribution in [0.4, 0.5) is 0 Å². The van der Waals surface area contributed by atoms with E-state index in [-0.39, 0.29) is 15.8 Å². The van der Waals surface area contributed by atoms with Crippen LogP contribution in [0.1, 0.15) is 30.1 Å². The second-order valence-electron chi connectivity index (χ2n) is 7.05. The molecule has 3 rings (SSSR count). The molecule has 0 bridgehead atoms. The van der Waals surface area contributed by atoms with Gasteiger partial charge in [-0.2, -0.15) is 9.40 Å². The number of benzene rings is 1. The third-order valence-electron chi connectivity index (χ3n) is 4.73. The van der Waals surface area contributed by atoms with Gasteiger partial charge in [0.2, 0.25) is 10.0 Å². The van der Waals surface area contributed by atoms with Crippen molar-refractivity contribution < 1.29 is 8.42 Å². The van der Waals surface area contributed by atoms with Crippen LogP contribution >= 0.6 is 11.6 Å². The molecule has 1 aliphatic rings. The lowest BCUT2D eigenvalue weighted by atomic mass is 9.96. The highest BCUT2D eigenvalue weighted by atomic mass is 35.5. The van der Waals surface area contributed by atoms with Crippen LogP contribution in [0.15, 0.2) is 35.2 Å². The molecule has 0 unspecified atom stereocenters. The van der Waals surface area contributed by atoms with Crippen LogP contribution in [-0.4, -0.2) is 54.6 Å². The quantitative estimate of drug-likeness (QED) is 0.779. The molecule has 0 N–H and O–H groups in total. The maximum atomic E-state index is 13.0. The molecule has 1 aliphatic heterocycles. The lowest BCUT2D eigenvalue weighted by molar-refractivity contribution is 0.312. The molecular weight excluding hydrogens is 372 g/mol. The lowest BCUT2D eigenvalue weighted by Crippen LogP contribution is -2.39. The van der Waals surface area contributed by atoms with E-state index in [1.165, 1.54) is 0 Å². The molecule has 26 heavy (non-hydrogen) atoms. The Hall–Kier alpha value is -1.41. The van der Waals surface area contributed by atoms with Crippen LogP contribution in [-0.2, 0) is 23.6 Å².